The van der Waals surface area contributed by atoms with Crippen molar-refractivity contribution in [2.45, 2.75) is 39.5 Å². The topological polar surface area (TPSA) is 64.2 Å². The van der Waals surface area contributed by atoms with Crippen LogP contribution >= 0.6 is 11.6 Å². The summed E-state index contributed by atoms with van der Waals surface area (Å²) in [7, 11) is -3.48. The minimum atomic E-state index is -3.48. The zero-order valence-corrected chi connectivity index (χ0v) is 20.7. The molecule has 178 valence electrons. The van der Waals surface area contributed by atoms with Crippen LogP contribution in [-0.4, -0.2) is 80.2 Å². The number of anilines is 1. The van der Waals surface area contributed by atoms with Gasteiger partial charge in [-0.1, -0.05) is 24.6 Å². The van der Waals surface area contributed by atoms with E-state index in [2.05, 4.69) is 18.7 Å². The summed E-state index contributed by atoms with van der Waals surface area (Å²) >= 11 is 6.18. The second-order valence-corrected chi connectivity index (χ2v) is 11.9. The third-order valence-corrected chi connectivity index (χ3v) is 9.47. The molecule has 0 spiro atoms. The Morgan fingerprint density at radius 2 is 1.66 bits per heavy atom. The highest BCUT2D eigenvalue weighted by Gasteiger charge is 2.38. The van der Waals surface area contributed by atoms with E-state index in [4.69, 9.17) is 11.6 Å². The summed E-state index contributed by atoms with van der Waals surface area (Å²) < 4.78 is 29.5. The zero-order chi connectivity index (χ0) is 22.9. The number of piperazine rings is 1. The van der Waals surface area contributed by atoms with E-state index in [1.807, 2.05) is 23.1 Å². The minimum Gasteiger partial charge on any atom is -0.368 e. The lowest BCUT2D eigenvalue weighted by Crippen LogP contribution is -2.55. The van der Waals surface area contributed by atoms with Gasteiger partial charge in [-0.3, -0.25) is 4.79 Å². The Morgan fingerprint density at radius 3 is 2.34 bits per heavy atom. The van der Waals surface area contributed by atoms with E-state index < -0.39 is 10.2 Å². The fraction of sp³-hybridized carbons (Fsp3) is 0.696. The van der Waals surface area contributed by atoms with Crippen molar-refractivity contribution >= 4 is 33.4 Å². The predicted molar refractivity (Wildman–Crippen MR) is 128 cm³/mol. The maximum Gasteiger partial charge on any atom is 0.281 e. The summed E-state index contributed by atoms with van der Waals surface area (Å²) in [5.74, 6) is 0.424. The van der Waals surface area contributed by atoms with Gasteiger partial charge >= 0.3 is 0 Å². The fourth-order valence-electron chi connectivity index (χ4n) is 5.08. The van der Waals surface area contributed by atoms with Gasteiger partial charge in [-0.15, -0.1) is 0 Å². The van der Waals surface area contributed by atoms with Crippen molar-refractivity contribution in [3.63, 3.8) is 0 Å². The molecule has 3 aliphatic heterocycles. The first kappa shape index (κ1) is 23.8. The number of carbonyl (C=O) groups is 1. The molecule has 9 heteroatoms. The van der Waals surface area contributed by atoms with Crippen molar-refractivity contribution in [1.29, 1.82) is 0 Å². The van der Waals surface area contributed by atoms with Gasteiger partial charge < -0.3 is 9.80 Å². The molecule has 0 radical (unpaired) electrons. The van der Waals surface area contributed by atoms with Crippen LogP contribution in [0.25, 0.3) is 0 Å². The van der Waals surface area contributed by atoms with Crippen LogP contribution in [0.5, 0.6) is 0 Å². The Labute approximate surface area is 197 Å². The molecule has 1 atom stereocenters. The van der Waals surface area contributed by atoms with Crippen molar-refractivity contribution in [2.24, 2.45) is 11.8 Å². The molecule has 0 saturated carbocycles. The molecule has 3 heterocycles. The van der Waals surface area contributed by atoms with Gasteiger partial charge in [0.15, 0.2) is 0 Å². The van der Waals surface area contributed by atoms with Crippen LogP contribution in [0.15, 0.2) is 18.2 Å². The van der Waals surface area contributed by atoms with Crippen molar-refractivity contribution < 1.29 is 13.2 Å². The number of carbonyl (C=O) groups excluding carboxylic acids is 1. The second-order valence-electron chi connectivity index (χ2n) is 9.53. The molecule has 1 amide bonds. The quantitative estimate of drug-likeness (QED) is 0.661. The Hall–Kier alpha value is -1.35. The number of aryl methyl sites for hydroxylation is 1. The highest BCUT2D eigenvalue weighted by atomic mass is 35.5. The monoisotopic (exact) mass is 482 g/mol. The van der Waals surface area contributed by atoms with Gasteiger partial charge in [-0.05, 0) is 56.2 Å². The SMILES string of the molecule is Cc1ccc(Cl)cc1N1CCN(C(=O)C2CCCN(S(=O)(=O)N3CCC(C)CC3)C2)CC1. The van der Waals surface area contributed by atoms with Gasteiger partial charge in [0.2, 0.25) is 5.91 Å². The van der Waals surface area contributed by atoms with Crippen LogP contribution in [0, 0.1) is 18.8 Å². The van der Waals surface area contributed by atoms with Crippen molar-refractivity contribution in [3.05, 3.63) is 28.8 Å². The average molecular weight is 483 g/mol. The molecule has 3 aliphatic rings. The Morgan fingerprint density at radius 1 is 0.969 bits per heavy atom. The molecule has 7 nitrogen and oxygen atoms in total. The van der Waals surface area contributed by atoms with Crippen LogP contribution in [0.1, 0.15) is 38.2 Å². The number of hydrogen-bond acceptors (Lipinski definition) is 4. The Kier molecular flexibility index (Phi) is 7.34. The van der Waals surface area contributed by atoms with Crippen LogP contribution in [0.4, 0.5) is 5.69 Å². The van der Waals surface area contributed by atoms with Gasteiger partial charge in [-0.2, -0.15) is 17.0 Å². The number of amides is 1. The number of benzene rings is 1. The standard InChI is InChI=1S/C23H35ClN4O3S/c1-18-7-10-27(11-8-18)32(30,31)28-9-3-4-20(17-28)23(29)26-14-12-25(13-15-26)22-16-21(24)6-5-19(22)2/h5-6,16,18,20H,3-4,7-15,17H2,1-2H3. The van der Waals surface area contributed by atoms with Crippen LogP contribution in [0.3, 0.4) is 0 Å². The molecule has 0 aromatic heterocycles. The lowest BCUT2D eigenvalue weighted by molar-refractivity contribution is -0.137. The molecule has 3 fully saturated rings. The predicted octanol–water partition coefficient (Wildman–Crippen LogP) is 2.99. The lowest BCUT2D eigenvalue weighted by atomic mass is 9.97. The molecule has 1 aromatic rings. The second kappa shape index (κ2) is 9.87. The normalized spacial score (nSPS) is 24.7. The molecule has 1 unspecified atom stereocenters. The van der Waals surface area contributed by atoms with Crippen LogP contribution in [0.2, 0.25) is 5.02 Å². The van der Waals surface area contributed by atoms with E-state index in [0.717, 1.165) is 49.5 Å². The Balaban J connectivity index is 1.35. The largest absolute Gasteiger partial charge is 0.368 e. The summed E-state index contributed by atoms with van der Waals surface area (Å²) in [4.78, 5) is 17.5. The van der Waals surface area contributed by atoms with Gasteiger partial charge in [0.05, 0.1) is 5.92 Å². The fourth-order valence-corrected chi connectivity index (χ4v) is 6.97. The highest BCUT2D eigenvalue weighted by Crippen LogP contribution is 2.28. The molecule has 0 N–H and O–H groups in total. The molecule has 0 bridgehead atoms. The van der Waals surface area contributed by atoms with E-state index >= 15 is 0 Å². The number of nitrogens with zero attached hydrogens (tertiary/aromatic N) is 4. The molecular formula is C23H35ClN4O3S. The summed E-state index contributed by atoms with van der Waals surface area (Å²) in [6.45, 7) is 9.06. The molecule has 3 saturated heterocycles. The smallest absolute Gasteiger partial charge is 0.281 e. The van der Waals surface area contributed by atoms with Gasteiger partial charge in [-0.25, -0.2) is 0 Å². The van der Waals surface area contributed by atoms with Crippen LogP contribution < -0.4 is 4.90 Å². The van der Waals surface area contributed by atoms with Crippen LogP contribution in [-0.2, 0) is 15.0 Å². The number of hydrogen-bond donors (Lipinski definition) is 0. The maximum atomic E-state index is 13.3. The van der Waals surface area contributed by atoms with Gasteiger partial charge in [0.1, 0.15) is 0 Å². The molecule has 32 heavy (non-hydrogen) atoms. The third-order valence-electron chi connectivity index (χ3n) is 7.23. The van der Waals surface area contributed by atoms with Gasteiger partial charge in [0.25, 0.3) is 10.2 Å². The van der Waals surface area contributed by atoms with E-state index in [0.29, 0.717) is 45.2 Å². The van der Waals surface area contributed by atoms with E-state index in [1.165, 1.54) is 5.56 Å². The summed E-state index contributed by atoms with van der Waals surface area (Å²) in [6.07, 6.45) is 3.31. The number of piperidine rings is 2. The number of halogens is 1. The number of rotatable bonds is 4. The lowest BCUT2D eigenvalue weighted by Gasteiger charge is -2.41. The summed E-state index contributed by atoms with van der Waals surface area (Å²) in [5.41, 5.74) is 2.30. The zero-order valence-electron chi connectivity index (χ0n) is 19.2. The Bertz CT molecular complexity index is 925. The highest BCUT2D eigenvalue weighted by molar-refractivity contribution is 7.86. The maximum absolute atomic E-state index is 13.3. The van der Waals surface area contributed by atoms with Crippen molar-refractivity contribution in [3.8, 4) is 0 Å². The average Bonchev–Trinajstić information content (AvgIpc) is 2.81. The first-order valence-corrected chi connectivity index (χ1v) is 13.6. The molecule has 0 aliphatic carbocycles. The van der Waals surface area contributed by atoms with Crippen molar-refractivity contribution in [1.82, 2.24) is 13.5 Å². The van der Waals surface area contributed by atoms with E-state index in [-0.39, 0.29) is 11.8 Å². The first-order valence-electron chi connectivity index (χ1n) is 11.8. The van der Waals surface area contributed by atoms with Gasteiger partial charge in [0, 0.05) is 63.1 Å². The molecule has 4 rings (SSSR count). The summed E-state index contributed by atoms with van der Waals surface area (Å²) in [5, 5.41) is 0.718. The van der Waals surface area contributed by atoms with E-state index in [9.17, 15) is 13.2 Å². The summed E-state index contributed by atoms with van der Waals surface area (Å²) in [6, 6.07) is 5.91. The molecular weight excluding hydrogens is 448 g/mol. The minimum absolute atomic E-state index is 0.0969. The third kappa shape index (κ3) is 5.08. The van der Waals surface area contributed by atoms with E-state index in [1.54, 1.807) is 8.61 Å². The first-order chi connectivity index (χ1) is 15.3. The van der Waals surface area contributed by atoms with Crippen molar-refractivity contribution in [2.75, 3.05) is 57.3 Å². The molecule has 1 aromatic carbocycles.